The summed E-state index contributed by atoms with van der Waals surface area (Å²) in [7, 11) is 0. The van der Waals surface area contributed by atoms with Gasteiger partial charge >= 0.3 is 0 Å². The molecule has 3 nitrogen and oxygen atoms in total. The summed E-state index contributed by atoms with van der Waals surface area (Å²) in [6.45, 7) is 0. The number of hydrogen-bond donors (Lipinski definition) is 0. The average Bonchev–Trinajstić information content (AvgIpc) is 3.67. The van der Waals surface area contributed by atoms with Gasteiger partial charge in [0.05, 0.1) is 11.0 Å². The zero-order valence-corrected chi connectivity index (χ0v) is 33.2. The summed E-state index contributed by atoms with van der Waals surface area (Å²) in [5.41, 5.74) is 16.2. The third-order valence-electron chi connectivity index (χ3n) is 12.2. The number of nitrogens with zero attached hydrogens (tertiary/aromatic N) is 2. The van der Waals surface area contributed by atoms with E-state index in [4.69, 9.17) is 4.74 Å². The van der Waals surface area contributed by atoms with Crippen LogP contribution in [-0.2, 0) is 0 Å². The molecule has 12 rings (SSSR count). The van der Waals surface area contributed by atoms with Gasteiger partial charge in [-0.2, -0.15) is 0 Å². The van der Waals surface area contributed by atoms with Crippen LogP contribution in [0.1, 0.15) is 0 Å². The van der Waals surface area contributed by atoms with Gasteiger partial charge in [0, 0.05) is 44.5 Å². The molecule has 3 heteroatoms. The average molecular weight is 779 g/mol. The van der Waals surface area contributed by atoms with Crippen LogP contribution in [0.15, 0.2) is 231 Å². The molecule has 0 bridgehead atoms. The Morgan fingerprint density at radius 1 is 0.328 bits per heavy atom. The van der Waals surface area contributed by atoms with E-state index in [1.54, 1.807) is 0 Å². The lowest BCUT2D eigenvalue weighted by Crippen LogP contribution is -2.09. The van der Waals surface area contributed by atoms with E-state index in [1.165, 1.54) is 60.4 Å². The van der Waals surface area contributed by atoms with E-state index in [9.17, 15) is 0 Å². The van der Waals surface area contributed by atoms with Crippen LogP contribution in [0, 0.1) is 0 Å². The monoisotopic (exact) mass is 778 g/mol. The predicted octanol–water partition coefficient (Wildman–Crippen LogP) is 16.2. The molecule has 0 unspecified atom stereocenters. The second kappa shape index (κ2) is 14.3. The number of aromatic nitrogens is 1. The van der Waals surface area contributed by atoms with Gasteiger partial charge in [-0.05, 0) is 129 Å². The van der Waals surface area contributed by atoms with Crippen LogP contribution in [0.25, 0.3) is 82.8 Å². The summed E-state index contributed by atoms with van der Waals surface area (Å²) in [5, 5.41) is 4.86. The first kappa shape index (κ1) is 34.9. The van der Waals surface area contributed by atoms with Crippen LogP contribution in [0.4, 0.5) is 17.1 Å². The lowest BCUT2D eigenvalue weighted by atomic mass is 9.93. The fraction of sp³-hybridized carbons (Fsp3) is 0. The lowest BCUT2D eigenvalue weighted by molar-refractivity contribution is 0.487. The molecule has 1 aromatic heterocycles. The highest BCUT2D eigenvalue weighted by atomic mass is 16.5. The maximum atomic E-state index is 6.52. The third kappa shape index (κ3) is 5.98. The van der Waals surface area contributed by atoms with E-state index < -0.39 is 0 Å². The molecule has 11 aromatic rings. The Labute approximate surface area is 354 Å². The summed E-state index contributed by atoms with van der Waals surface area (Å²) in [5.74, 6) is 1.79. The van der Waals surface area contributed by atoms with Crippen molar-refractivity contribution in [1.29, 1.82) is 0 Å². The molecule has 0 spiro atoms. The Morgan fingerprint density at radius 3 is 1.54 bits per heavy atom. The van der Waals surface area contributed by atoms with Crippen LogP contribution >= 0.6 is 0 Å². The molecule has 0 amide bonds. The molecular formula is C58H38N2O. The van der Waals surface area contributed by atoms with E-state index >= 15 is 0 Å². The first-order valence-electron chi connectivity index (χ1n) is 20.8. The molecule has 2 heterocycles. The second-order valence-corrected chi connectivity index (χ2v) is 15.7. The third-order valence-corrected chi connectivity index (χ3v) is 12.2. The zero-order chi connectivity index (χ0) is 40.3. The van der Waals surface area contributed by atoms with Crippen LogP contribution < -0.4 is 9.64 Å². The number of ether oxygens (including phenoxy) is 1. The minimum atomic E-state index is 0.883. The smallest absolute Gasteiger partial charge is 0.135 e. The molecule has 1 aliphatic heterocycles. The first-order chi connectivity index (χ1) is 30.2. The molecule has 0 fully saturated rings. The number of anilines is 3. The van der Waals surface area contributed by atoms with Gasteiger partial charge in [-0.15, -0.1) is 0 Å². The van der Waals surface area contributed by atoms with Gasteiger partial charge in [-0.3, -0.25) is 0 Å². The molecule has 0 N–H and O–H groups in total. The number of fused-ring (bicyclic) bond motifs is 5. The molecule has 61 heavy (non-hydrogen) atoms. The van der Waals surface area contributed by atoms with Crippen molar-refractivity contribution in [3.05, 3.63) is 231 Å². The molecule has 0 aliphatic carbocycles. The van der Waals surface area contributed by atoms with E-state index in [2.05, 4.69) is 240 Å². The molecule has 286 valence electrons. The van der Waals surface area contributed by atoms with Gasteiger partial charge in [0.2, 0.25) is 0 Å². The van der Waals surface area contributed by atoms with Crippen molar-refractivity contribution in [2.75, 3.05) is 4.90 Å². The normalized spacial score (nSPS) is 11.7. The highest BCUT2D eigenvalue weighted by molar-refractivity contribution is 6.10. The van der Waals surface area contributed by atoms with Gasteiger partial charge in [-0.25, -0.2) is 0 Å². The van der Waals surface area contributed by atoms with Crippen molar-refractivity contribution in [2.24, 2.45) is 0 Å². The van der Waals surface area contributed by atoms with Gasteiger partial charge in [0.1, 0.15) is 11.5 Å². The Bertz CT molecular complexity index is 3400. The molecule has 0 saturated carbocycles. The molecule has 0 saturated heterocycles. The van der Waals surface area contributed by atoms with Gasteiger partial charge in [-0.1, -0.05) is 146 Å². The highest BCUT2D eigenvalue weighted by Gasteiger charge is 2.21. The number of hydrogen-bond acceptors (Lipinski definition) is 2. The van der Waals surface area contributed by atoms with Crippen LogP contribution in [0.3, 0.4) is 0 Å². The summed E-state index contributed by atoms with van der Waals surface area (Å²) >= 11 is 0. The fourth-order valence-electron chi connectivity index (χ4n) is 9.24. The van der Waals surface area contributed by atoms with Crippen LogP contribution in [0.2, 0.25) is 0 Å². The van der Waals surface area contributed by atoms with E-state index in [-0.39, 0.29) is 0 Å². The van der Waals surface area contributed by atoms with Crippen molar-refractivity contribution in [3.8, 4) is 61.7 Å². The number of para-hydroxylation sites is 2. The fourth-order valence-corrected chi connectivity index (χ4v) is 9.24. The van der Waals surface area contributed by atoms with E-state index in [1.807, 2.05) is 0 Å². The summed E-state index contributed by atoms with van der Waals surface area (Å²) in [6.07, 6.45) is 0. The van der Waals surface area contributed by atoms with E-state index in [0.29, 0.717) is 0 Å². The van der Waals surface area contributed by atoms with Crippen molar-refractivity contribution in [2.45, 2.75) is 0 Å². The Hall–Kier alpha value is -8.14. The minimum absolute atomic E-state index is 0.883. The maximum Gasteiger partial charge on any atom is 0.135 e. The maximum absolute atomic E-state index is 6.52. The lowest BCUT2D eigenvalue weighted by Gasteiger charge is -2.26. The van der Waals surface area contributed by atoms with Crippen molar-refractivity contribution >= 4 is 49.6 Å². The van der Waals surface area contributed by atoms with Crippen LogP contribution in [0.5, 0.6) is 11.5 Å². The topological polar surface area (TPSA) is 17.4 Å². The number of benzene rings is 10. The minimum Gasteiger partial charge on any atom is -0.456 e. The Kier molecular flexibility index (Phi) is 8.17. The second-order valence-electron chi connectivity index (χ2n) is 15.7. The first-order valence-corrected chi connectivity index (χ1v) is 20.8. The van der Waals surface area contributed by atoms with E-state index in [0.717, 1.165) is 50.9 Å². The van der Waals surface area contributed by atoms with Gasteiger partial charge in [0.25, 0.3) is 0 Å². The largest absolute Gasteiger partial charge is 0.456 e. The molecule has 1 aliphatic rings. The zero-order valence-electron chi connectivity index (χ0n) is 33.2. The quantitative estimate of drug-likeness (QED) is 0.160. The summed E-state index contributed by atoms with van der Waals surface area (Å²) < 4.78 is 8.89. The summed E-state index contributed by atoms with van der Waals surface area (Å²) in [4.78, 5) is 2.34. The van der Waals surface area contributed by atoms with Crippen molar-refractivity contribution in [1.82, 2.24) is 4.57 Å². The van der Waals surface area contributed by atoms with Crippen molar-refractivity contribution < 1.29 is 4.74 Å². The van der Waals surface area contributed by atoms with Gasteiger partial charge in [0.15, 0.2) is 0 Å². The SMILES string of the molecule is c1ccc(-c2ccc(N(c3ccc(-c4ccc5c(c4)Oc4cccc6cccc-5c46)cc3)c3ccc(-c4ccc5c(c4)c4ccccc4n5-c4ccccc4)cc3)cc2)cc1. The molecular weight excluding hydrogens is 741 g/mol. The standard InChI is InChI=1S/C58H38N2O/c1-3-11-39(12-4-1)40-21-29-47(30-22-40)59(49-33-25-42(26-34-49)45-27-35-51-52-18-9-13-43-14-10-20-56(58(43)52)61-57(51)38-45)48-31-23-41(24-32-48)44-28-36-55-53(37-44)50-17-7-8-19-54(50)60(55)46-15-5-2-6-16-46/h1-38H. The summed E-state index contributed by atoms with van der Waals surface area (Å²) in [6, 6.07) is 82.8. The number of rotatable bonds is 7. The Morgan fingerprint density at radius 2 is 0.852 bits per heavy atom. The van der Waals surface area contributed by atoms with Crippen LogP contribution in [-0.4, -0.2) is 4.57 Å². The molecule has 0 atom stereocenters. The molecule has 0 radical (unpaired) electrons. The molecule has 10 aromatic carbocycles. The van der Waals surface area contributed by atoms with Crippen molar-refractivity contribution in [3.63, 3.8) is 0 Å². The highest BCUT2D eigenvalue weighted by Crippen LogP contribution is 2.48. The predicted molar refractivity (Wildman–Crippen MR) is 255 cm³/mol. The Balaban J connectivity index is 0.904. The van der Waals surface area contributed by atoms with Gasteiger partial charge < -0.3 is 14.2 Å².